The lowest BCUT2D eigenvalue weighted by Crippen LogP contribution is -2.59. The first-order chi connectivity index (χ1) is 24.2. The van der Waals surface area contributed by atoms with Crippen LogP contribution in [-0.4, -0.2) is 63.5 Å². The van der Waals surface area contributed by atoms with Crippen LogP contribution >= 0.6 is 0 Å². The Morgan fingerprint density at radius 2 is 1.40 bits per heavy atom. The Kier molecular flexibility index (Phi) is 12.7. The molecule has 5 rings (SSSR count). The van der Waals surface area contributed by atoms with Gasteiger partial charge in [-0.1, -0.05) is 95.0 Å². The van der Waals surface area contributed by atoms with Gasteiger partial charge in [0.2, 0.25) is 5.91 Å². The summed E-state index contributed by atoms with van der Waals surface area (Å²) < 4.78 is 5.89. The van der Waals surface area contributed by atoms with Crippen molar-refractivity contribution in [2.75, 3.05) is 19.7 Å². The quantitative estimate of drug-likeness (QED) is 0.113. The number of carbonyl (C=O) groups is 3. The number of ether oxygens (including phenoxy) is 1. The van der Waals surface area contributed by atoms with Crippen LogP contribution in [0.15, 0.2) is 85.2 Å². The van der Waals surface area contributed by atoms with Gasteiger partial charge in [-0.2, -0.15) is 0 Å². The Bertz CT molecular complexity index is 1700. The van der Waals surface area contributed by atoms with E-state index in [2.05, 4.69) is 36.1 Å². The maximum absolute atomic E-state index is 13.5. The molecule has 2 heterocycles. The first-order valence-corrected chi connectivity index (χ1v) is 17.8. The normalized spacial score (nSPS) is 13.5. The molecule has 0 saturated carbocycles. The van der Waals surface area contributed by atoms with Crippen molar-refractivity contribution in [1.82, 2.24) is 20.2 Å². The molecular formula is C41H48N4O5. The van der Waals surface area contributed by atoms with Crippen molar-refractivity contribution in [3.63, 3.8) is 0 Å². The molecule has 1 aliphatic rings. The van der Waals surface area contributed by atoms with Gasteiger partial charge in [0.05, 0.1) is 12.5 Å². The Labute approximate surface area is 295 Å². The molecule has 2 N–H and O–H groups in total. The highest BCUT2D eigenvalue weighted by molar-refractivity contribution is 5.98. The molecule has 1 saturated heterocycles. The van der Waals surface area contributed by atoms with Crippen LogP contribution in [0.5, 0.6) is 5.75 Å². The van der Waals surface area contributed by atoms with Crippen molar-refractivity contribution >= 4 is 17.8 Å². The van der Waals surface area contributed by atoms with Crippen molar-refractivity contribution in [3.8, 4) is 28.3 Å². The Morgan fingerprint density at radius 3 is 2.02 bits per heavy atom. The molecule has 0 bridgehead atoms. The third-order valence-electron chi connectivity index (χ3n) is 9.01. The van der Waals surface area contributed by atoms with Gasteiger partial charge in [-0.3, -0.25) is 14.4 Å². The van der Waals surface area contributed by atoms with Crippen LogP contribution in [0.1, 0.15) is 74.4 Å². The molecule has 0 spiro atoms. The van der Waals surface area contributed by atoms with Crippen molar-refractivity contribution in [1.29, 1.82) is 0 Å². The molecule has 1 unspecified atom stereocenters. The fraction of sp³-hybridized carbons (Fsp3) is 0.390. The van der Waals surface area contributed by atoms with E-state index < -0.39 is 17.9 Å². The average molecular weight is 677 g/mol. The number of rotatable bonds is 17. The van der Waals surface area contributed by atoms with Crippen LogP contribution in [0.25, 0.3) is 22.5 Å². The summed E-state index contributed by atoms with van der Waals surface area (Å²) in [5, 5.41) is 12.2. The third kappa shape index (κ3) is 10.00. The summed E-state index contributed by atoms with van der Waals surface area (Å²) in [4.78, 5) is 48.8. The summed E-state index contributed by atoms with van der Waals surface area (Å²) >= 11 is 0. The van der Waals surface area contributed by atoms with Crippen molar-refractivity contribution in [2.24, 2.45) is 11.8 Å². The lowest BCUT2D eigenvalue weighted by atomic mass is 9.96. The minimum atomic E-state index is -0.923. The lowest BCUT2D eigenvalue weighted by Gasteiger charge is -2.39. The number of nitrogens with one attached hydrogen (secondary N) is 1. The van der Waals surface area contributed by atoms with Gasteiger partial charge < -0.3 is 20.1 Å². The molecule has 1 atom stereocenters. The summed E-state index contributed by atoms with van der Waals surface area (Å²) in [5.74, 6) is -0.220. The number of likely N-dealkylation sites (tertiary alicyclic amines) is 1. The Balaban J connectivity index is 1.21. The van der Waals surface area contributed by atoms with Crippen molar-refractivity contribution in [3.05, 3.63) is 102 Å². The van der Waals surface area contributed by atoms with E-state index >= 15 is 0 Å². The van der Waals surface area contributed by atoms with Gasteiger partial charge in [-0.25, -0.2) is 9.97 Å². The second kappa shape index (κ2) is 17.6. The lowest BCUT2D eigenvalue weighted by molar-refractivity contribution is -0.153. The molecule has 262 valence electrons. The molecule has 9 heteroatoms. The number of carbonyl (C=O) groups excluding carboxylic acids is 2. The van der Waals surface area contributed by atoms with Gasteiger partial charge in [0.25, 0.3) is 5.91 Å². The van der Waals surface area contributed by atoms with Gasteiger partial charge in [-0.05, 0) is 59.7 Å². The predicted molar refractivity (Wildman–Crippen MR) is 195 cm³/mol. The zero-order valence-corrected chi connectivity index (χ0v) is 29.3. The van der Waals surface area contributed by atoms with E-state index in [1.54, 1.807) is 24.5 Å². The van der Waals surface area contributed by atoms with E-state index in [1.165, 1.54) is 30.6 Å². The molecule has 0 aliphatic carbocycles. The maximum Gasteiger partial charge on any atom is 0.310 e. The number of carboxylic acid groups (broad SMARTS) is 1. The fourth-order valence-corrected chi connectivity index (χ4v) is 6.03. The summed E-state index contributed by atoms with van der Waals surface area (Å²) in [6.07, 6.45) is 10.8. The van der Waals surface area contributed by atoms with Crippen LogP contribution in [0.2, 0.25) is 0 Å². The molecule has 2 amide bonds. The van der Waals surface area contributed by atoms with Crippen LogP contribution < -0.4 is 10.1 Å². The van der Waals surface area contributed by atoms with E-state index in [1.807, 2.05) is 60.7 Å². The van der Waals surface area contributed by atoms with Gasteiger partial charge in [0, 0.05) is 48.6 Å². The fourth-order valence-electron chi connectivity index (χ4n) is 6.03. The first kappa shape index (κ1) is 36.2. The van der Waals surface area contributed by atoms with Crippen molar-refractivity contribution in [2.45, 2.75) is 71.8 Å². The summed E-state index contributed by atoms with van der Waals surface area (Å²) in [5.41, 5.74) is 5.18. The molecule has 1 aromatic heterocycles. The van der Waals surface area contributed by atoms with Gasteiger partial charge in [-0.15, -0.1) is 0 Å². The largest absolute Gasteiger partial charge is 0.494 e. The number of nitrogens with zero attached hydrogens (tertiary/aromatic N) is 3. The zero-order chi connectivity index (χ0) is 35.5. The molecule has 4 aromatic rings. The van der Waals surface area contributed by atoms with Gasteiger partial charge in [0.15, 0.2) is 5.82 Å². The second-order valence-electron chi connectivity index (χ2n) is 13.6. The molecule has 3 aromatic carbocycles. The molecule has 0 radical (unpaired) electrons. The maximum atomic E-state index is 13.5. The van der Waals surface area contributed by atoms with Gasteiger partial charge >= 0.3 is 5.97 Å². The van der Waals surface area contributed by atoms with E-state index in [9.17, 15) is 19.5 Å². The van der Waals surface area contributed by atoms with E-state index in [0.29, 0.717) is 17.3 Å². The predicted octanol–water partition coefficient (Wildman–Crippen LogP) is 7.24. The van der Waals surface area contributed by atoms with E-state index in [-0.39, 0.29) is 31.3 Å². The number of benzene rings is 3. The molecule has 1 aliphatic heterocycles. The van der Waals surface area contributed by atoms with Crippen LogP contribution in [0.4, 0.5) is 0 Å². The first-order valence-electron chi connectivity index (χ1n) is 17.8. The number of aromatic nitrogens is 2. The minimum absolute atomic E-state index is 0.133. The Morgan fingerprint density at radius 1 is 0.800 bits per heavy atom. The van der Waals surface area contributed by atoms with Crippen LogP contribution in [-0.2, 0) is 22.4 Å². The molecule has 9 nitrogen and oxygen atoms in total. The summed E-state index contributed by atoms with van der Waals surface area (Å²) in [6, 6.07) is 22.2. The Hall–Kier alpha value is -5.05. The second-order valence-corrected chi connectivity index (χ2v) is 13.6. The summed E-state index contributed by atoms with van der Waals surface area (Å²) in [6.45, 7) is 7.49. The SMILES string of the molecule is CCCCCCCOc1ccc(-c2cnc(-c3ccc(CC(NC(=O)c4ccc(CC(C)C)cc4)C(=O)N4CC(C(=O)O)C4)cc3)nc2)cc1. The molecular weight excluding hydrogens is 628 g/mol. The summed E-state index contributed by atoms with van der Waals surface area (Å²) in [7, 11) is 0. The standard InChI is InChI=1S/C41H48N4O5/c1-4-5-6-7-8-21-50-36-19-17-31(18-20-36)34-24-42-38(43-25-34)32-13-9-30(10-14-32)23-37(40(47)45-26-35(27-45)41(48)49)44-39(46)33-15-11-29(12-16-33)22-28(2)3/h9-20,24-25,28,35,37H,4-8,21-23,26-27H2,1-3H3,(H,44,46)(H,48,49). The average Bonchev–Trinajstić information content (AvgIpc) is 3.09. The highest BCUT2D eigenvalue weighted by Crippen LogP contribution is 2.24. The van der Waals surface area contributed by atoms with Gasteiger partial charge in [0.1, 0.15) is 11.8 Å². The monoisotopic (exact) mass is 676 g/mol. The number of unbranched alkanes of at least 4 members (excludes halogenated alkanes) is 4. The highest BCUT2D eigenvalue weighted by Gasteiger charge is 2.38. The molecule has 1 fully saturated rings. The van der Waals surface area contributed by atoms with Crippen LogP contribution in [0.3, 0.4) is 0 Å². The highest BCUT2D eigenvalue weighted by atomic mass is 16.5. The molecule has 50 heavy (non-hydrogen) atoms. The number of aliphatic carboxylic acids is 1. The third-order valence-corrected chi connectivity index (χ3v) is 9.01. The number of carboxylic acids is 1. The van der Waals surface area contributed by atoms with Crippen molar-refractivity contribution < 1.29 is 24.2 Å². The smallest absolute Gasteiger partial charge is 0.310 e. The number of hydrogen-bond acceptors (Lipinski definition) is 6. The number of hydrogen-bond donors (Lipinski definition) is 2. The van der Waals surface area contributed by atoms with E-state index in [4.69, 9.17) is 4.74 Å². The van der Waals surface area contributed by atoms with Crippen LogP contribution in [0, 0.1) is 11.8 Å². The number of amides is 2. The minimum Gasteiger partial charge on any atom is -0.494 e. The topological polar surface area (TPSA) is 122 Å². The zero-order valence-electron chi connectivity index (χ0n) is 29.3. The van der Waals surface area contributed by atoms with E-state index in [0.717, 1.165) is 53.0 Å².